The van der Waals surface area contributed by atoms with Crippen LogP contribution in [-0.4, -0.2) is 57.5 Å². The molecule has 0 aromatic heterocycles. The topological polar surface area (TPSA) is 105 Å². The predicted molar refractivity (Wildman–Crippen MR) is 91.2 cm³/mol. The quantitative estimate of drug-likeness (QED) is 0.722. The molecule has 1 saturated heterocycles. The molecule has 2 rings (SSSR count). The Morgan fingerprint density at radius 1 is 1.28 bits per heavy atom. The van der Waals surface area contributed by atoms with E-state index in [9.17, 15) is 18.0 Å². The minimum Gasteiger partial charge on any atom is -0.360 e. The number of carbonyl (C=O) groups is 2. The predicted octanol–water partition coefficient (Wildman–Crippen LogP) is -0.0973. The third-order valence-electron chi connectivity index (χ3n) is 3.96. The van der Waals surface area contributed by atoms with Crippen LogP contribution in [-0.2, 0) is 24.3 Å². The molecule has 1 aliphatic heterocycles. The van der Waals surface area contributed by atoms with Gasteiger partial charge in [-0.05, 0) is 37.5 Å². The molecule has 138 valence electrons. The molecule has 0 saturated carbocycles. The molecule has 1 aromatic carbocycles. The van der Waals surface area contributed by atoms with Crippen molar-refractivity contribution in [2.24, 2.45) is 0 Å². The number of amides is 2. The van der Waals surface area contributed by atoms with Crippen molar-refractivity contribution in [3.05, 3.63) is 29.3 Å². The maximum Gasteiger partial charge on any atom is 0.309 e. The first-order valence-corrected chi connectivity index (χ1v) is 9.42. The van der Waals surface area contributed by atoms with Crippen LogP contribution in [0, 0.1) is 13.8 Å². The van der Waals surface area contributed by atoms with Crippen LogP contribution in [0.3, 0.4) is 0 Å². The number of nitrogens with zero attached hydrogens (tertiary/aromatic N) is 1. The molecule has 0 aliphatic carbocycles. The number of likely N-dealkylation sites (N-methyl/N-ethyl adjacent to an activating group) is 1. The lowest BCUT2D eigenvalue weighted by Crippen LogP contribution is -2.53. The van der Waals surface area contributed by atoms with Gasteiger partial charge in [0.25, 0.3) is 0 Å². The highest BCUT2D eigenvalue weighted by molar-refractivity contribution is 7.89. The van der Waals surface area contributed by atoms with Gasteiger partial charge >= 0.3 is 11.8 Å². The van der Waals surface area contributed by atoms with Gasteiger partial charge in [-0.15, -0.1) is 0 Å². The van der Waals surface area contributed by atoms with Crippen LogP contribution < -0.4 is 10.6 Å². The smallest absolute Gasteiger partial charge is 0.309 e. The molecule has 1 aliphatic rings. The van der Waals surface area contributed by atoms with Gasteiger partial charge in [-0.3, -0.25) is 9.59 Å². The zero-order valence-electron chi connectivity index (χ0n) is 14.5. The Morgan fingerprint density at radius 3 is 2.68 bits per heavy atom. The van der Waals surface area contributed by atoms with Gasteiger partial charge in [0.15, 0.2) is 0 Å². The van der Waals surface area contributed by atoms with E-state index in [0.717, 1.165) is 5.56 Å². The fourth-order valence-electron chi connectivity index (χ4n) is 2.59. The highest BCUT2D eigenvalue weighted by Crippen LogP contribution is 2.25. The fraction of sp³-hybridized carbons (Fsp3) is 0.500. The van der Waals surface area contributed by atoms with E-state index in [1.54, 1.807) is 19.1 Å². The van der Waals surface area contributed by atoms with E-state index in [0.29, 0.717) is 18.6 Å². The standard InChI is InChI=1S/C16H23N3O5S/c1-11-5-6-12(2)13(9-11)25(22,23)19-7-4-8-24-14(19)10-18-16(21)15(20)17-3/h5-6,9,14H,4,7-8,10H2,1-3H3,(H,17,20)(H,18,21). The van der Waals surface area contributed by atoms with Crippen molar-refractivity contribution in [2.75, 3.05) is 26.7 Å². The molecule has 9 heteroatoms. The van der Waals surface area contributed by atoms with Crippen molar-refractivity contribution < 1.29 is 22.7 Å². The van der Waals surface area contributed by atoms with E-state index in [1.165, 1.54) is 11.4 Å². The Balaban J connectivity index is 2.23. The fourth-order valence-corrected chi connectivity index (χ4v) is 4.46. The number of benzene rings is 1. The Labute approximate surface area is 147 Å². The van der Waals surface area contributed by atoms with Gasteiger partial charge in [0.2, 0.25) is 10.0 Å². The lowest BCUT2D eigenvalue weighted by atomic mass is 10.2. The van der Waals surface area contributed by atoms with E-state index in [2.05, 4.69) is 10.6 Å². The third-order valence-corrected chi connectivity index (χ3v) is 5.99. The highest BCUT2D eigenvalue weighted by atomic mass is 32.2. The monoisotopic (exact) mass is 369 g/mol. The Bertz CT molecular complexity index is 763. The first-order valence-electron chi connectivity index (χ1n) is 7.98. The molecule has 2 amide bonds. The zero-order valence-corrected chi connectivity index (χ0v) is 15.4. The summed E-state index contributed by atoms with van der Waals surface area (Å²) in [6, 6.07) is 5.23. The van der Waals surface area contributed by atoms with Crippen molar-refractivity contribution in [1.82, 2.24) is 14.9 Å². The summed E-state index contributed by atoms with van der Waals surface area (Å²) in [4.78, 5) is 23.1. The largest absolute Gasteiger partial charge is 0.360 e. The molecule has 1 unspecified atom stereocenters. The molecule has 2 N–H and O–H groups in total. The molecule has 1 fully saturated rings. The van der Waals surface area contributed by atoms with Crippen molar-refractivity contribution in [3.63, 3.8) is 0 Å². The number of hydrogen-bond donors (Lipinski definition) is 2. The molecule has 0 bridgehead atoms. The second kappa shape index (κ2) is 7.94. The number of rotatable bonds is 4. The molecule has 25 heavy (non-hydrogen) atoms. The van der Waals surface area contributed by atoms with E-state index in [4.69, 9.17) is 4.74 Å². The molecule has 1 atom stereocenters. The van der Waals surface area contributed by atoms with Crippen LogP contribution >= 0.6 is 0 Å². The molecule has 0 spiro atoms. The molecule has 0 radical (unpaired) electrons. The Morgan fingerprint density at radius 2 is 2.00 bits per heavy atom. The van der Waals surface area contributed by atoms with Gasteiger partial charge in [-0.1, -0.05) is 12.1 Å². The summed E-state index contributed by atoms with van der Waals surface area (Å²) in [5.41, 5.74) is 1.48. The third kappa shape index (κ3) is 4.36. The lowest BCUT2D eigenvalue weighted by molar-refractivity contribution is -0.139. The Hall–Kier alpha value is -1.97. The zero-order chi connectivity index (χ0) is 18.6. The minimum absolute atomic E-state index is 0.101. The lowest BCUT2D eigenvalue weighted by Gasteiger charge is -2.34. The summed E-state index contributed by atoms with van der Waals surface area (Å²) in [5.74, 6) is -1.62. The maximum absolute atomic E-state index is 13.1. The summed E-state index contributed by atoms with van der Waals surface area (Å²) >= 11 is 0. The molecule has 1 heterocycles. The van der Waals surface area contributed by atoms with Crippen LogP contribution in [0.15, 0.2) is 23.1 Å². The van der Waals surface area contributed by atoms with Crippen LogP contribution in [0.2, 0.25) is 0 Å². The number of nitrogens with one attached hydrogen (secondary N) is 2. The number of hydrogen-bond acceptors (Lipinski definition) is 5. The number of aryl methyl sites for hydroxylation is 2. The van der Waals surface area contributed by atoms with Gasteiger partial charge in [-0.25, -0.2) is 8.42 Å². The van der Waals surface area contributed by atoms with Crippen LogP contribution in [0.4, 0.5) is 0 Å². The van der Waals surface area contributed by atoms with E-state index in [1.807, 2.05) is 13.0 Å². The van der Waals surface area contributed by atoms with Crippen LogP contribution in [0.5, 0.6) is 0 Å². The van der Waals surface area contributed by atoms with E-state index >= 15 is 0 Å². The summed E-state index contributed by atoms with van der Waals surface area (Å²) in [7, 11) is -2.44. The molecule has 1 aromatic rings. The minimum atomic E-state index is -3.78. The molecule has 8 nitrogen and oxygen atoms in total. The van der Waals surface area contributed by atoms with E-state index in [-0.39, 0.29) is 18.0 Å². The second-order valence-corrected chi connectivity index (χ2v) is 7.71. The average Bonchev–Trinajstić information content (AvgIpc) is 2.61. The molecular formula is C16H23N3O5S. The number of ether oxygens (including phenoxy) is 1. The first kappa shape index (κ1) is 19.4. The SMILES string of the molecule is CNC(=O)C(=O)NCC1OCCCN1S(=O)(=O)c1cc(C)ccc1C. The maximum atomic E-state index is 13.1. The van der Waals surface area contributed by atoms with Gasteiger partial charge in [0.05, 0.1) is 18.0 Å². The van der Waals surface area contributed by atoms with Crippen LogP contribution in [0.25, 0.3) is 0 Å². The van der Waals surface area contributed by atoms with Crippen molar-refractivity contribution in [2.45, 2.75) is 31.4 Å². The van der Waals surface area contributed by atoms with Gasteiger partial charge < -0.3 is 15.4 Å². The van der Waals surface area contributed by atoms with Crippen molar-refractivity contribution in [1.29, 1.82) is 0 Å². The first-order chi connectivity index (χ1) is 11.8. The normalized spacial score (nSPS) is 18.6. The summed E-state index contributed by atoms with van der Waals surface area (Å²) in [5, 5.41) is 4.61. The number of carbonyl (C=O) groups excluding carboxylic acids is 2. The van der Waals surface area contributed by atoms with Crippen LogP contribution in [0.1, 0.15) is 17.5 Å². The summed E-state index contributed by atoms with van der Waals surface area (Å²) in [6.07, 6.45) is -0.295. The second-order valence-electron chi connectivity index (χ2n) is 5.85. The van der Waals surface area contributed by atoms with Gasteiger partial charge in [-0.2, -0.15) is 4.31 Å². The molecular weight excluding hydrogens is 346 g/mol. The number of sulfonamides is 1. The summed E-state index contributed by atoms with van der Waals surface area (Å²) < 4.78 is 32.9. The van der Waals surface area contributed by atoms with Crippen molar-refractivity contribution >= 4 is 21.8 Å². The van der Waals surface area contributed by atoms with E-state index < -0.39 is 28.1 Å². The average molecular weight is 369 g/mol. The van der Waals surface area contributed by atoms with Gasteiger partial charge in [0, 0.05) is 13.6 Å². The van der Waals surface area contributed by atoms with Gasteiger partial charge in [0.1, 0.15) is 6.23 Å². The summed E-state index contributed by atoms with van der Waals surface area (Å²) in [6.45, 7) is 4.14. The Kier molecular flexibility index (Phi) is 6.15. The highest BCUT2D eigenvalue weighted by Gasteiger charge is 2.35. The van der Waals surface area contributed by atoms with Crippen molar-refractivity contribution in [3.8, 4) is 0 Å².